The van der Waals surface area contributed by atoms with Crippen LogP contribution in [0.15, 0.2) is 12.5 Å². The second kappa shape index (κ2) is 3.18. The van der Waals surface area contributed by atoms with E-state index in [9.17, 15) is 0 Å². The van der Waals surface area contributed by atoms with Gasteiger partial charge in [0.2, 0.25) is 5.95 Å². The van der Waals surface area contributed by atoms with E-state index < -0.39 is 0 Å². The molecule has 0 spiro atoms. The molecule has 0 aliphatic rings. The molecule has 80 valence electrons. The predicted molar refractivity (Wildman–Crippen MR) is 59.9 cm³/mol. The Balaban J connectivity index is 2.67. The Hall–Kier alpha value is -1.65. The molecule has 2 heterocycles. The number of hydrogen-bond acceptors (Lipinski definition) is 4. The molecule has 0 amide bonds. The topological polar surface area (TPSA) is 55.6 Å². The molecule has 2 rings (SSSR count). The first-order valence-electron chi connectivity index (χ1n) is 4.90. The van der Waals surface area contributed by atoms with Crippen molar-refractivity contribution in [2.24, 2.45) is 0 Å². The quantitative estimate of drug-likeness (QED) is 0.768. The molecule has 0 saturated carbocycles. The Bertz CT molecular complexity index is 480. The van der Waals surface area contributed by atoms with Crippen LogP contribution in [-0.4, -0.2) is 26.6 Å². The maximum atomic E-state index is 4.40. The highest BCUT2D eigenvalue weighted by molar-refractivity contribution is 5.71. The number of hydrogen-bond donors (Lipinski definition) is 1. The van der Waals surface area contributed by atoms with Gasteiger partial charge in [0.15, 0.2) is 5.65 Å². The minimum Gasteiger partial charge on any atom is -0.357 e. The molecule has 5 heteroatoms. The van der Waals surface area contributed by atoms with Crippen LogP contribution in [0.1, 0.15) is 20.8 Å². The first-order valence-corrected chi connectivity index (χ1v) is 4.90. The van der Waals surface area contributed by atoms with Gasteiger partial charge in [0.05, 0.1) is 12.5 Å². The minimum absolute atomic E-state index is 0.0197. The molecule has 0 atom stereocenters. The monoisotopic (exact) mass is 205 g/mol. The van der Waals surface area contributed by atoms with Gasteiger partial charge in [0.1, 0.15) is 5.52 Å². The second-order valence-electron chi connectivity index (χ2n) is 4.44. The third-order valence-electron chi connectivity index (χ3n) is 2.24. The van der Waals surface area contributed by atoms with Gasteiger partial charge in [-0.15, -0.1) is 0 Å². The number of imidazole rings is 1. The molecule has 0 radical (unpaired) electrons. The lowest BCUT2D eigenvalue weighted by molar-refractivity contribution is 0.406. The smallest absolute Gasteiger partial charge is 0.224 e. The number of fused-ring (bicyclic) bond motifs is 1. The molecule has 0 fully saturated rings. The van der Waals surface area contributed by atoms with Gasteiger partial charge in [-0.25, -0.2) is 9.97 Å². The zero-order valence-corrected chi connectivity index (χ0v) is 9.44. The molecule has 0 aliphatic carbocycles. The van der Waals surface area contributed by atoms with Crippen LogP contribution in [-0.2, 0) is 5.54 Å². The van der Waals surface area contributed by atoms with Crippen molar-refractivity contribution in [2.45, 2.75) is 26.3 Å². The molecule has 0 unspecified atom stereocenters. The molecular formula is C10H15N5. The van der Waals surface area contributed by atoms with Crippen LogP contribution in [0.5, 0.6) is 0 Å². The van der Waals surface area contributed by atoms with Crippen LogP contribution >= 0.6 is 0 Å². The lowest BCUT2D eigenvalue weighted by Gasteiger charge is -2.20. The van der Waals surface area contributed by atoms with Crippen LogP contribution < -0.4 is 5.32 Å². The van der Waals surface area contributed by atoms with E-state index in [0.717, 1.165) is 11.2 Å². The third kappa shape index (κ3) is 1.65. The van der Waals surface area contributed by atoms with E-state index in [1.165, 1.54) is 0 Å². The largest absolute Gasteiger partial charge is 0.357 e. The Morgan fingerprint density at radius 3 is 2.60 bits per heavy atom. The highest BCUT2D eigenvalue weighted by atomic mass is 15.2. The van der Waals surface area contributed by atoms with Crippen molar-refractivity contribution in [1.82, 2.24) is 19.5 Å². The van der Waals surface area contributed by atoms with Gasteiger partial charge in [-0.05, 0) is 20.8 Å². The Morgan fingerprint density at radius 1 is 1.27 bits per heavy atom. The summed E-state index contributed by atoms with van der Waals surface area (Å²) in [6, 6.07) is 0. The highest BCUT2D eigenvalue weighted by Gasteiger charge is 2.17. The highest BCUT2D eigenvalue weighted by Crippen LogP contribution is 2.20. The molecule has 0 bridgehead atoms. The maximum Gasteiger partial charge on any atom is 0.224 e. The molecule has 1 N–H and O–H groups in total. The molecule has 2 aromatic rings. The molecule has 15 heavy (non-hydrogen) atoms. The SMILES string of the molecule is CNc1ncc2ncn(C(C)(C)C)c2n1. The van der Waals surface area contributed by atoms with Crippen molar-refractivity contribution in [3.63, 3.8) is 0 Å². The number of nitrogens with one attached hydrogen (secondary N) is 1. The fraction of sp³-hybridized carbons (Fsp3) is 0.500. The van der Waals surface area contributed by atoms with Crippen molar-refractivity contribution < 1.29 is 0 Å². The van der Waals surface area contributed by atoms with E-state index in [1.807, 2.05) is 4.57 Å². The third-order valence-corrected chi connectivity index (χ3v) is 2.24. The first kappa shape index (κ1) is 9.89. The van der Waals surface area contributed by atoms with Crippen molar-refractivity contribution >= 4 is 17.1 Å². The van der Waals surface area contributed by atoms with Crippen LogP contribution in [0, 0.1) is 0 Å². The van der Waals surface area contributed by atoms with Gasteiger partial charge in [-0.3, -0.25) is 0 Å². The standard InChI is InChI=1S/C10H15N5/c1-10(2,3)15-6-13-7-5-12-9(11-4)14-8(7)15/h5-6H,1-4H3,(H,11,12,14). The summed E-state index contributed by atoms with van der Waals surface area (Å²) in [6.07, 6.45) is 3.54. The number of anilines is 1. The predicted octanol–water partition coefficient (Wildman–Crippen LogP) is 1.62. The van der Waals surface area contributed by atoms with Crippen LogP contribution in [0.2, 0.25) is 0 Å². The van der Waals surface area contributed by atoms with E-state index in [1.54, 1.807) is 19.6 Å². The zero-order chi connectivity index (χ0) is 11.1. The van der Waals surface area contributed by atoms with Gasteiger partial charge in [-0.2, -0.15) is 4.98 Å². The fourth-order valence-electron chi connectivity index (χ4n) is 1.42. The van der Waals surface area contributed by atoms with Gasteiger partial charge < -0.3 is 9.88 Å². The van der Waals surface area contributed by atoms with Gasteiger partial charge in [0, 0.05) is 12.6 Å². The van der Waals surface area contributed by atoms with Crippen molar-refractivity contribution in [3.8, 4) is 0 Å². The summed E-state index contributed by atoms with van der Waals surface area (Å²) < 4.78 is 2.05. The minimum atomic E-state index is -0.0197. The van der Waals surface area contributed by atoms with E-state index in [-0.39, 0.29) is 5.54 Å². The van der Waals surface area contributed by atoms with Crippen LogP contribution in [0.3, 0.4) is 0 Å². The molecule has 2 aromatic heterocycles. The molecule has 5 nitrogen and oxygen atoms in total. The number of nitrogens with zero attached hydrogens (tertiary/aromatic N) is 4. The summed E-state index contributed by atoms with van der Waals surface area (Å²) in [7, 11) is 1.80. The summed E-state index contributed by atoms with van der Waals surface area (Å²) in [5.41, 5.74) is 1.67. The van der Waals surface area contributed by atoms with Crippen molar-refractivity contribution in [1.29, 1.82) is 0 Å². The molecule has 0 saturated heterocycles. The summed E-state index contributed by atoms with van der Waals surface area (Å²) in [5, 5.41) is 2.92. The lowest BCUT2D eigenvalue weighted by Crippen LogP contribution is -2.21. The second-order valence-corrected chi connectivity index (χ2v) is 4.44. The number of aromatic nitrogens is 4. The first-order chi connectivity index (χ1) is 7.02. The van der Waals surface area contributed by atoms with Crippen LogP contribution in [0.25, 0.3) is 11.2 Å². The van der Waals surface area contributed by atoms with E-state index in [4.69, 9.17) is 0 Å². The zero-order valence-electron chi connectivity index (χ0n) is 9.44. The average Bonchev–Trinajstić information content (AvgIpc) is 2.59. The summed E-state index contributed by atoms with van der Waals surface area (Å²) in [5.74, 6) is 0.619. The molecule has 0 aliphatic heterocycles. The van der Waals surface area contributed by atoms with E-state index in [0.29, 0.717) is 5.95 Å². The van der Waals surface area contributed by atoms with Gasteiger partial charge >= 0.3 is 0 Å². The average molecular weight is 205 g/mol. The summed E-state index contributed by atoms with van der Waals surface area (Å²) in [4.78, 5) is 12.8. The number of rotatable bonds is 1. The van der Waals surface area contributed by atoms with Gasteiger partial charge in [0.25, 0.3) is 0 Å². The Morgan fingerprint density at radius 2 is 2.00 bits per heavy atom. The fourth-order valence-corrected chi connectivity index (χ4v) is 1.42. The molecular weight excluding hydrogens is 190 g/mol. The maximum absolute atomic E-state index is 4.40. The van der Waals surface area contributed by atoms with Crippen molar-refractivity contribution in [2.75, 3.05) is 12.4 Å². The van der Waals surface area contributed by atoms with E-state index in [2.05, 4.69) is 41.0 Å². The summed E-state index contributed by atoms with van der Waals surface area (Å²) in [6.45, 7) is 6.36. The molecule has 0 aromatic carbocycles. The van der Waals surface area contributed by atoms with Gasteiger partial charge in [-0.1, -0.05) is 0 Å². The lowest BCUT2D eigenvalue weighted by atomic mass is 10.1. The normalized spacial score (nSPS) is 12.0. The van der Waals surface area contributed by atoms with E-state index >= 15 is 0 Å². The Labute approximate surface area is 88.6 Å². The van der Waals surface area contributed by atoms with Crippen LogP contribution in [0.4, 0.5) is 5.95 Å². The Kier molecular flexibility index (Phi) is 2.10. The summed E-state index contributed by atoms with van der Waals surface area (Å²) >= 11 is 0. The van der Waals surface area contributed by atoms with Crippen molar-refractivity contribution in [3.05, 3.63) is 12.5 Å².